The number of nitrogens with one attached hydrogen (secondary N) is 2. The molecule has 0 radical (unpaired) electrons. The Kier molecular flexibility index (Phi) is 9.54. The SMILES string of the molecule is CCNC(=NCC(C)(O)c1ccsc1)NCC1CCN(C)CC1.I. The normalized spacial score (nSPS) is 19.4. The quantitative estimate of drug-likeness (QED) is 0.343. The summed E-state index contributed by atoms with van der Waals surface area (Å²) in [4.78, 5) is 6.96. The summed E-state index contributed by atoms with van der Waals surface area (Å²) in [6.07, 6.45) is 2.46. The van der Waals surface area contributed by atoms with Gasteiger partial charge in [0.05, 0.1) is 6.54 Å². The van der Waals surface area contributed by atoms with Gasteiger partial charge >= 0.3 is 0 Å². The van der Waals surface area contributed by atoms with Crippen LogP contribution in [0, 0.1) is 5.92 Å². The van der Waals surface area contributed by atoms with Crippen LogP contribution in [0.1, 0.15) is 32.3 Å². The number of likely N-dealkylation sites (tertiary alicyclic amines) is 1. The molecule has 24 heavy (non-hydrogen) atoms. The van der Waals surface area contributed by atoms with Crippen LogP contribution in [0.3, 0.4) is 0 Å². The zero-order valence-electron chi connectivity index (χ0n) is 14.9. The number of rotatable bonds is 6. The van der Waals surface area contributed by atoms with Crippen LogP contribution in [0.4, 0.5) is 0 Å². The summed E-state index contributed by atoms with van der Waals surface area (Å²) in [5.41, 5.74) is 0.00743. The Morgan fingerprint density at radius 2 is 2.12 bits per heavy atom. The molecule has 0 aromatic carbocycles. The smallest absolute Gasteiger partial charge is 0.191 e. The first-order valence-corrected chi connectivity index (χ1v) is 9.41. The van der Waals surface area contributed by atoms with E-state index in [0.29, 0.717) is 12.5 Å². The minimum atomic E-state index is -0.921. The van der Waals surface area contributed by atoms with Crippen LogP contribution in [0.25, 0.3) is 0 Å². The second kappa shape index (κ2) is 10.6. The number of piperidine rings is 1. The number of aliphatic hydroxyl groups is 1. The zero-order chi connectivity index (χ0) is 16.7. The first-order chi connectivity index (χ1) is 11.0. The van der Waals surface area contributed by atoms with Gasteiger partial charge < -0.3 is 20.6 Å². The first kappa shape index (κ1) is 21.7. The van der Waals surface area contributed by atoms with E-state index >= 15 is 0 Å². The van der Waals surface area contributed by atoms with Crippen LogP contribution >= 0.6 is 35.3 Å². The lowest BCUT2D eigenvalue weighted by Crippen LogP contribution is -2.43. The number of halogens is 1. The largest absolute Gasteiger partial charge is 0.383 e. The summed E-state index contributed by atoms with van der Waals surface area (Å²) >= 11 is 1.60. The van der Waals surface area contributed by atoms with Crippen molar-refractivity contribution in [2.24, 2.45) is 10.9 Å². The summed E-state index contributed by atoms with van der Waals surface area (Å²) in [6.45, 7) is 8.34. The second-order valence-electron chi connectivity index (χ2n) is 6.61. The Hall–Kier alpha value is -0.380. The third kappa shape index (κ3) is 6.85. The summed E-state index contributed by atoms with van der Waals surface area (Å²) in [5, 5.41) is 21.2. The van der Waals surface area contributed by atoms with Gasteiger partial charge in [0.15, 0.2) is 5.96 Å². The van der Waals surface area contributed by atoms with E-state index in [1.54, 1.807) is 11.3 Å². The van der Waals surface area contributed by atoms with Crippen LogP contribution < -0.4 is 10.6 Å². The van der Waals surface area contributed by atoms with Gasteiger partial charge in [0, 0.05) is 13.1 Å². The van der Waals surface area contributed by atoms with E-state index in [-0.39, 0.29) is 24.0 Å². The lowest BCUT2D eigenvalue weighted by molar-refractivity contribution is 0.0677. The van der Waals surface area contributed by atoms with E-state index < -0.39 is 5.60 Å². The van der Waals surface area contributed by atoms with Crippen LogP contribution in [0.15, 0.2) is 21.8 Å². The molecule has 2 heterocycles. The predicted molar refractivity (Wildman–Crippen MR) is 114 cm³/mol. The van der Waals surface area contributed by atoms with Crippen LogP contribution in [0.5, 0.6) is 0 Å². The zero-order valence-corrected chi connectivity index (χ0v) is 18.1. The summed E-state index contributed by atoms with van der Waals surface area (Å²) in [6, 6.07) is 1.96. The molecule has 3 N–H and O–H groups in total. The van der Waals surface area contributed by atoms with Crippen molar-refractivity contribution in [2.45, 2.75) is 32.3 Å². The Balaban J connectivity index is 0.00000288. The molecule has 1 aliphatic heterocycles. The third-order valence-electron chi connectivity index (χ3n) is 4.43. The highest BCUT2D eigenvalue weighted by Gasteiger charge is 2.23. The van der Waals surface area contributed by atoms with E-state index in [2.05, 4.69) is 34.5 Å². The highest BCUT2D eigenvalue weighted by molar-refractivity contribution is 14.0. The topological polar surface area (TPSA) is 59.9 Å². The molecule has 1 aromatic rings. The molecule has 0 aliphatic carbocycles. The molecule has 7 heteroatoms. The Morgan fingerprint density at radius 1 is 1.42 bits per heavy atom. The third-order valence-corrected chi connectivity index (χ3v) is 5.11. The van der Waals surface area contributed by atoms with Gasteiger partial charge in [-0.15, -0.1) is 24.0 Å². The molecule has 5 nitrogen and oxygen atoms in total. The Morgan fingerprint density at radius 3 is 2.71 bits per heavy atom. The average molecular weight is 466 g/mol. The number of hydrogen-bond acceptors (Lipinski definition) is 4. The lowest BCUT2D eigenvalue weighted by atomic mass is 9.97. The predicted octanol–water partition coefficient (Wildman–Crippen LogP) is 2.47. The fraction of sp³-hybridized carbons (Fsp3) is 0.706. The molecular formula is C17H31IN4OS. The Bertz CT molecular complexity index is 485. The van der Waals surface area contributed by atoms with Crippen molar-refractivity contribution in [1.29, 1.82) is 0 Å². The summed E-state index contributed by atoms with van der Waals surface area (Å²) in [7, 11) is 2.18. The molecule has 0 amide bonds. The van der Waals surface area contributed by atoms with Crippen LogP contribution in [0.2, 0.25) is 0 Å². The Labute approximate surface area is 167 Å². The fourth-order valence-electron chi connectivity index (χ4n) is 2.74. The maximum absolute atomic E-state index is 10.6. The van der Waals surface area contributed by atoms with Crippen molar-refractivity contribution < 1.29 is 5.11 Å². The van der Waals surface area contributed by atoms with Gasteiger partial charge in [0.2, 0.25) is 0 Å². The molecule has 1 fully saturated rings. The van der Waals surface area contributed by atoms with E-state index in [1.165, 1.54) is 25.9 Å². The minimum Gasteiger partial charge on any atom is -0.383 e. The molecule has 0 saturated carbocycles. The second-order valence-corrected chi connectivity index (χ2v) is 7.39. The van der Waals surface area contributed by atoms with Gasteiger partial charge in [-0.2, -0.15) is 11.3 Å². The van der Waals surface area contributed by atoms with Crippen molar-refractivity contribution >= 4 is 41.3 Å². The summed E-state index contributed by atoms with van der Waals surface area (Å²) in [5.74, 6) is 1.49. The molecule has 1 aliphatic rings. The van der Waals surface area contributed by atoms with Crippen molar-refractivity contribution in [2.75, 3.05) is 39.8 Å². The van der Waals surface area contributed by atoms with Gasteiger partial charge in [0.1, 0.15) is 5.60 Å². The number of thiophene rings is 1. The van der Waals surface area contributed by atoms with Gasteiger partial charge in [-0.25, -0.2) is 4.99 Å². The number of guanidine groups is 1. The van der Waals surface area contributed by atoms with Crippen molar-refractivity contribution in [3.8, 4) is 0 Å². The number of nitrogens with zero attached hydrogens (tertiary/aromatic N) is 2. The van der Waals surface area contributed by atoms with Gasteiger partial charge in [0.25, 0.3) is 0 Å². The standard InChI is InChI=1S/C17H30N4OS.HI/c1-4-18-16(19-11-14-5-8-21(3)9-6-14)20-13-17(2,22)15-7-10-23-12-15;/h7,10,12,14,22H,4-6,8-9,11,13H2,1-3H3,(H2,18,19,20);1H. The summed E-state index contributed by atoms with van der Waals surface area (Å²) < 4.78 is 0. The molecular weight excluding hydrogens is 435 g/mol. The highest BCUT2D eigenvalue weighted by Crippen LogP contribution is 2.23. The van der Waals surface area contributed by atoms with Crippen LogP contribution in [-0.2, 0) is 5.60 Å². The fourth-order valence-corrected chi connectivity index (χ4v) is 3.53. The molecule has 0 spiro atoms. The molecule has 1 aromatic heterocycles. The van der Waals surface area contributed by atoms with Crippen molar-refractivity contribution in [3.05, 3.63) is 22.4 Å². The van der Waals surface area contributed by atoms with Gasteiger partial charge in [-0.1, -0.05) is 0 Å². The van der Waals surface area contributed by atoms with Gasteiger partial charge in [-0.05, 0) is 75.1 Å². The highest BCUT2D eigenvalue weighted by atomic mass is 127. The first-order valence-electron chi connectivity index (χ1n) is 8.47. The van der Waals surface area contributed by atoms with Crippen LogP contribution in [-0.4, -0.2) is 55.7 Å². The van der Waals surface area contributed by atoms with Crippen molar-refractivity contribution in [3.63, 3.8) is 0 Å². The molecule has 1 unspecified atom stereocenters. The maximum Gasteiger partial charge on any atom is 0.191 e. The monoisotopic (exact) mass is 466 g/mol. The molecule has 1 atom stereocenters. The molecule has 1 saturated heterocycles. The average Bonchev–Trinajstić information content (AvgIpc) is 3.07. The van der Waals surface area contributed by atoms with E-state index in [4.69, 9.17) is 0 Å². The maximum atomic E-state index is 10.6. The van der Waals surface area contributed by atoms with E-state index in [1.807, 2.05) is 23.8 Å². The van der Waals surface area contributed by atoms with E-state index in [9.17, 15) is 5.11 Å². The van der Waals surface area contributed by atoms with Gasteiger partial charge in [-0.3, -0.25) is 0 Å². The lowest BCUT2D eigenvalue weighted by Gasteiger charge is -2.29. The van der Waals surface area contributed by atoms with E-state index in [0.717, 1.165) is 24.6 Å². The number of hydrogen-bond donors (Lipinski definition) is 3. The number of aliphatic imine (C=N–C) groups is 1. The minimum absolute atomic E-state index is 0. The molecule has 138 valence electrons. The molecule has 0 bridgehead atoms. The van der Waals surface area contributed by atoms with Crippen molar-refractivity contribution in [1.82, 2.24) is 15.5 Å². The molecule has 2 rings (SSSR count).